The number of aliphatic hydroxyl groups excluding tert-OH is 4. The molecule has 18 atom stereocenters. The summed E-state index contributed by atoms with van der Waals surface area (Å²) in [6, 6.07) is 0. The van der Waals surface area contributed by atoms with Crippen LogP contribution in [0.3, 0.4) is 0 Å². The molecule has 0 spiro atoms. The molecule has 0 radical (unpaired) electrons. The molecule has 0 bridgehead atoms. The van der Waals surface area contributed by atoms with E-state index in [1.165, 1.54) is 20.3 Å². The van der Waals surface area contributed by atoms with Crippen LogP contribution in [-0.4, -0.2) is 125 Å². The van der Waals surface area contributed by atoms with Gasteiger partial charge in [-0.25, -0.2) is 9.59 Å². The van der Waals surface area contributed by atoms with Gasteiger partial charge in [-0.1, -0.05) is 89.1 Å². The Balaban J connectivity index is 2.00. The second-order valence-corrected chi connectivity index (χ2v) is 17.5. The van der Waals surface area contributed by atoms with E-state index in [0.29, 0.717) is 18.4 Å². The summed E-state index contributed by atoms with van der Waals surface area (Å²) in [6.07, 6.45) is 2.20. The lowest BCUT2D eigenvalue weighted by atomic mass is 9.77. The van der Waals surface area contributed by atoms with Crippen molar-refractivity contribution in [2.45, 2.75) is 168 Å². The maximum atomic E-state index is 13.9. The van der Waals surface area contributed by atoms with Crippen LogP contribution in [0, 0.1) is 35.5 Å². The number of esters is 1. The highest BCUT2D eigenvalue weighted by molar-refractivity contribution is 5.87. The van der Waals surface area contributed by atoms with Gasteiger partial charge in [-0.3, -0.25) is 0 Å². The monoisotopic (exact) mass is 866 g/mol. The van der Waals surface area contributed by atoms with Crippen molar-refractivity contribution in [3.63, 3.8) is 0 Å². The number of nitrogens with two attached hydrogens (primary N) is 1. The average Bonchev–Trinajstić information content (AvgIpc) is 3.19. The van der Waals surface area contributed by atoms with Crippen molar-refractivity contribution in [2.75, 3.05) is 14.2 Å². The second kappa shape index (κ2) is 23.5. The highest BCUT2D eigenvalue weighted by Crippen LogP contribution is 2.42. The third-order valence-electron chi connectivity index (χ3n) is 12.8. The minimum Gasteiger partial charge on any atom is -0.490 e. The Hall–Kier alpha value is -3.12. The number of carbonyl (C=O) groups excluding carboxylic acids is 2. The fraction of sp³-hybridized carbons (Fsp3) is 0.739. The molecule has 348 valence electrons. The number of primary amides is 1. The molecule has 3 aliphatic heterocycles. The van der Waals surface area contributed by atoms with E-state index >= 15 is 0 Å². The normalized spacial score (nSPS) is 42.2. The summed E-state index contributed by atoms with van der Waals surface area (Å²) < 4.78 is 41.4. The van der Waals surface area contributed by atoms with Gasteiger partial charge in [0.1, 0.15) is 12.2 Å². The third-order valence-corrected chi connectivity index (χ3v) is 12.8. The van der Waals surface area contributed by atoms with Crippen LogP contribution in [0.4, 0.5) is 4.79 Å². The van der Waals surface area contributed by atoms with Crippen molar-refractivity contribution in [1.29, 1.82) is 0 Å². The average molecular weight is 866 g/mol. The quantitative estimate of drug-likeness (QED) is 0.119. The smallest absolute Gasteiger partial charge is 0.404 e. The van der Waals surface area contributed by atoms with Crippen LogP contribution in [0.25, 0.3) is 0 Å². The second-order valence-electron chi connectivity index (χ2n) is 17.5. The van der Waals surface area contributed by atoms with Crippen LogP contribution < -0.4 is 5.73 Å². The number of ether oxygens (including phenoxy) is 7. The standard InChI is InChI=1S/C46H75NO14/c1-13-16-34-28(7)37(58-38-22-33(48)43(31(10)57-38)60-45(47)53)23-46(54,61-34)30(9)41(51)29(8)42-35(55-11)18-15-17-24(3)19-26(5)39(49)32(14-2)40(50)27(6)20-25(4)21-36(56-12)44(52)59-42/h13,15-18,20-21,26-35,37-43,48-51,54H,14,19,22-23H2,1-12H3,(H2,47,53)/b16-13+,18-15+,24-17-,25-20+,36-21+/t26-,27-,28-,29+,30+,31-,32-,33-,34-,35+,37-,38+,39+,40-,41-,42-,43-,46-/m1/s1. The maximum absolute atomic E-state index is 13.9. The summed E-state index contributed by atoms with van der Waals surface area (Å²) in [4.78, 5) is 25.4. The van der Waals surface area contributed by atoms with Crippen LogP contribution in [0.15, 0.2) is 59.4 Å². The number of carbonyl (C=O) groups is 2. The number of rotatable bonds is 11. The lowest BCUT2D eigenvalue weighted by Crippen LogP contribution is -2.59. The number of hydrogen-bond acceptors (Lipinski definition) is 14. The first-order chi connectivity index (χ1) is 28.6. The van der Waals surface area contributed by atoms with Gasteiger partial charge in [-0.15, -0.1) is 0 Å². The van der Waals surface area contributed by atoms with E-state index in [2.05, 4.69) is 0 Å². The van der Waals surface area contributed by atoms with Gasteiger partial charge in [-0.2, -0.15) is 0 Å². The van der Waals surface area contributed by atoms with Crippen molar-refractivity contribution in [3.05, 3.63) is 59.4 Å². The molecule has 61 heavy (non-hydrogen) atoms. The van der Waals surface area contributed by atoms with Crippen molar-refractivity contribution in [3.8, 4) is 0 Å². The molecule has 0 aromatic carbocycles. The molecule has 0 unspecified atom stereocenters. The largest absolute Gasteiger partial charge is 0.490 e. The molecule has 0 saturated carbocycles. The molecule has 3 aliphatic rings. The van der Waals surface area contributed by atoms with Crippen LogP contribution >= 0.6 is 0 Å². The van der Waals surface area contributed by atoms with Crippen LogP contribution in [0.2, 0.25) is 0 Å². The molecule has 0 aromatic rings. The van der Waals surface area contributed by atoms with E-state index in [4.69, 9.17) is 38.9 Å². The Morgan fingerprint density at radius 2 is 1.77 bits per heavy atom. The fourth-order valence-electron chi connectivity index (χ4n) is 8.94. The molecule has 3 rings (SSSR count). The fourth-order valence-corrected chi connectivity index (χ4v) is 8.94. The summed E-state index contributed by atoms with van der Waals surface area (Å²) in [5, 5.41) is 58.0. The highest BCUT2D eigenvalue weighted by atomic mass is 16.7. The van der Waals surface area contributed by atoms with Gasteiger partial charge in [0.15, 0.2) is 18.2 Å². The van der Waals surface area contributed by atoms with E-state index in [1.54, 1.807) is 52.0 Å². The number of methoxy groups -OCH3 is 2. The van der Waals surface area contributed by atoms with Crippen molar-refractivity contribution in [1.82, 2.24) is 0 Å². The first kappa shape index (κ1) is 52.2. The summed E-state index contributed by atoms with van der Waals surface area (Å²) in [7, 11) is 2.81. The Morgan fingerprint density at radius 3 is 2.34 bits per heavy atom. The highest BCUT2D eigenvalue weighted by Gasteiger charge is 2.52. The zero-order valence-corrected chi connectivity index (χ0v) is 38.2. The van der Waals surface area contributed by atoms with Gasteiger partial charge in [0.2, 0.25) is 5.76 Å². The number of hydrogen-bond donors (Lipinski definition) is 6. The predicted molar refractivity (Wildman–Crippen MR) is 228 cm³/mol. The van der Waals surface area contributed by atoms with Crippen LogP contribution in [0.5, 0.6) is 0 Å². The Kier molecular flexibility index (Phi) is 20.1. The van der Waals surface area contributed by atoms with E-state index in [0.717, 1.165) is 5.57 Å². The molecule has 1 amide bonds. The van der Waals surface area contributed by atoms with Crippen molar-refractivity contribution >= 4 is 12.1 Å². The first-order valence-electron chi connectivity index (χ1n) is 21.7. The topological polar surface area (TPSA) is 226 Å². The number of aliphatic hydroxyl groups is 5. The minimum absolute atomic E-state index is 0.0313. The lowest BCUT2D eigenvalue weighted by Gasteiger charge is -2.49. The molecular weight excluding hydrogens is 790 g/mol. The zero-order chi connectivity index (χ0) is 45.9. The van der Waals surface area contributed by atoms with Gasteiger partial charge in [0.05, 0.1) is 49.8 Å². The molecule has 15 heteroatoms. The molecule has 7 N–H and O–H groups in total. The molecular formula is C46H75NO14. The summed E-state index contributed by atoms with van der Waals surface area (Å²) in [5.41, 5.74) is 6.78. The van der Waals surface area contributed by atoms with Gasteiger partial charge < -0.3 is 64.4 Å². The summed E-state index contributed by atoms with van der Waals surface area (Å²) in [6.45, 7) is 18.2. The van der Waals surface area contributed by atoms with E-state index in [1.807, 2.05) is 53.7 Å². The molecule has 2 saturated heterocycles. The molecule has 0 aliphatic carbocycles. The van der Waals surface area contributed by atoms with Crippen LogP contribution in [-0.2, 0) is 38.0 Å². The molecule has 2 fully saturated rings. The molecule has 0 aromatic heterocycles. The van der Waals surface area contributed by atoms with E-state index in [9.17, 15) is 35.1 Å². The van der Waals surface area contributed by atoms with Crippen molar-refractivity contribution < 1.29 is 68.3 Å². The zero-order valence-electron chi connectivity index (χ0n) is 38.2. The van der Waals surface area contributed by atoms with Gasteiger partial charge in [0, 0.05) is 49.5 Å². The van der Waals surface area contributed by atoms with Gasteiger partial charge >= 0.3 is 12.1 Å². The van der Waals surface area contributed by atoms with E-state index < -0.39 is 97.0 Å². The SMILES string of the molecule is C/C=C/[C@H]1O[C@@](O)([C@@H](C)[C@H](O)[C@H](C)[C@H]2OC(=O)/C(OC)=C\C(C)=C\[C@@H](C)[C@@H](O)[C@H](CC)[C@@H](O)[C@H](C)C/C(C)=C\C=C\[C@@H]2OC)C[C@@H](O[C@H]2C[C@@H](O)[C@H](OC(N)=O)[C@@H](C)O2)[C@@H]1C. The number of cyclic esters (lactones) is 1. The van der Waals surface area contributed by atoms with Gasteiger partial charge in [0.25, 0.3) is 0 Å². The molecule has 3 heterocycles. The third kappa shape index (κ3) is 13.7. The predicted octanol–water partition coefficient (Wildman–Crippen LogP) is 4.98. The van der Waals surface area contributed by atoms with E-state index in [-0.39, 0.29) is 42.3 Å². The first-order valence-corrected chi connectivity index (χ1v) is 21.7. The Bertz CT molecular complexity index is 1570. The number of allylic oxidation sites excluding steroid dienone is 6. The maximum Gasteiger partial charge on any atom is 0.404 e. The van der Waals surface area contributed by atoms with Gasteiger partial charge in [-0.05, 0) is 52.5 Å². The Labute approximate surface area is 362 Å². The summed E-state index contributed by atoms with van der Waals surface area (Å²) in [5.74, 6) is -6.00. The molecule has 15 nitrogen and oxygen atoms in total. The summed E-state index contributed by atoms with van der Waals surface area (Å²) >= 11 is 0. The Morgan fingerprint density at radius 1 is 1.10 bits per heavy atom. The number of amides is 1. The van der Waals surface area contributed by atoms with Crippen molar-refractivity contribution in [2.24, 2.45) is 41.2 Å². The minimum atomic E-state index is -1.97. The van der Waals surface area contributed by atoms with Crippen LogP contribution in [0.1, 0.15) is 94.9 Å². The lowest BCUT2D eigenvalue weighted by molar-refractivity contribution is -0.338.